The van der Waals surface area contributed by atoms with Crippen LogP contribution in [0.15, 0.2) is 0 Å². The second-order valence-electron chi connectivity index (χ2n) is 5.94. The number of piperidine rings is 1. The fourth-order valence-corrected chi connectivity index (χ4v) is 2.38. The molecule has 136 valence electrons. The molecule has 1 aliphatic rings. The standard InChI is InChI=1S/C11H16F5NO5S/c1-9(2,3)21-8(18)17-5-4-7(10(12,13)6-17)22-23(19,20)11(14,15)16/h7H,4-6H2,1-3H3. The van der Waals surface area contributed by atoms with Crippen molar-refractivity contribution < 1.29 is 44.1 Å². The first kappa shape index (κ1) is 19.9. The first-order valence-corrected chi connectivity index (χ1v) is 7.81. The average molecular weight is 369 g/mol. The number of halogens is 5. The highest BCUT2D eigenvalue weighted by molar-refractivity contribution is 7.87. The Kier molecular flexibility index (Phi) is 5.22. The van der Waals surface area contributed by atoms with Gasteiger partial charge in [0.2, 0.25) is 0 Å². The van der Waals surface area contributed by atoms with Gasteiger partial charge in [-0.1, -0.05) is 0 Å². The SMILES string of the molecule is CC(C)(C)OC(=O)N1CCC(OS(=O)(=O)C(F)(F)F)C(F)(F)C1. The van der Waals surface area contributed by atoms with E-state index in [4.69, 9.17) is 4.74 Å². The maximum absolute atomic E-state index is 13.8. The van der Waals surface area contributed by atoms with Gasteiger partial charge in [-0.15, -0.1) is 0 Å². The summed E-state index contributed by atoms with van der Waals surface area (Å²) in [5.41, 5.74) is -6.75. The smallest absolute Gasteiger partial charge is 0.444 e. The molecular weight excluding hydrogens is 353 g/mol. The van der Waals surface area contributed by atoms with Gasteiger partial charge in [-0.2, -0.15) is 21.6 Å². The molecule has 0 saturated carbocycles. The normalized spacial score (nSPS) is 22.8. The quantitative estimate of drug-likeness (QED) is 0.425. The van der Waals surface area contributed by atoms with E-state index in [-0.39, 0.29) is 0 Å². The Morgan fingerprint density at radius 3 is 2.13 bits per heavy atom. The van der Waals surface area contributed by atoms with Gasteiger partial charge in [-0.05, 0) is 27.2 Å². The molecular formula is C11H16F5NO5S. The first-order valence-electron chi connectivity index (χ1n) is 6.40. The summed E-state index contributed by atoms with van der Waals surface area (Å²) in [6, 6.07) is 0. The van der Waals surface area contributed by atoms with Crippen LogP contribution in [0.25, 0.3) is 0 Å². The maximum atomic E-state index is 13.8. The topological polar surface area (TPSA) is 72.9 Å². The highest BCUT2D eigenvalue weighted by atomic mass is 32.2. The molecule has 6 nitrogen and oxygen atoms in total. The minimum atomic E-state index is -6.15. The van der Waals surface area contributed by atoms with Gasteiger partial charge in [0.05, 0.1) is 6.54 Å². The Morgan fingerprint density at radius 1 is 1.22 bits per heavy atom. The van der Waals surface area contributed by atoms with Crippen molar-refractivity contribution in [2.45, 2.75) is 50.3 Å². The molecule has 1 heterocycles. The third-order valence-electron chi connectivity index (χ3n) is 2.71. The summed E-state index contributed by atoms with van der Waals surface area (Å²) in [5.74, 6) is -3.98. The fourth-order valence-electron chi connectivity index (χ4n) is 1.73. The lowest BCUT2D eigenvalue weighted by atomic mass is 10.0. The third-order valence-corrected chi connectivity index (χ3v) is 3.76. The number of nitrogens with zero attached hydrogens (tertiary/aromatic N) is 1. The number of amides is 1. The van der Waals surface area contributed by atoms with Crippen LogP contribution in [0.5, 0.6) is 0 Å². The number of hydrogen-bond acceptors (Lipinski definition) is 5. The highest BCUT2D eigenvalue weighted by Gasteiger charge is 2.55. The van der Waals surface area contributed by atoms with E-state index < -0.39 is 58.9 Å². The van der Waals surface area contributed by atoms with E-state index in [2.05, 4.69) is 4.18 Å². The van der Waals surface area contributed by atoms with E-state index >= 15 is 0 Å². The molecule has 0 aromatic carbocycles. The Balaban J connectivity index is 2.81. The number of alkyl halides is 5. The number of hydrogen-bond donors (Lipinski definition) is 0. The molecule has 1 amide bonds. The van der Waals surface area contributed by atoms with E-state index in [0.717, 1.165) is 0 Å². The Bertz CT molecular complexity index is 554. The second kappa shape index (κ2) is 6.04. The number of carbonyl (C=O) groups excluding carboxylic acids is 1. The summed E-state index contributed by atoms with van der Waals surface area (Å²) < 4.78 is 94.3. The van der Waals surface area contributed by atoms with E-state index in [1.807, 2.05) is 0 Å². The minimum absolute atomic E-state index is 0.428. The zero-order valence-corrected chi connectivity index (χ0v) is 13.3. The van der Waals surface area contributed by atoms with Crippen LogP contribution >= 0.6 is 0 Å². The molecule has 0 aliphatic carbocycles. The van der Waals surface area contributed by atoms with Gasteiger partial charge in [0.1, 0.15) is 11.7 Å². The molecule has 1 fully saturated rings. The second-order valence-corrected chi connectivity index (χ2v) is 7.50. The van der Waals surface area contributed by atoms with E-state index in [0.29, 0.717) is 4.90 Å². The van der Waals surface area contributed by atoms with Gasteiger partial charge in [0.15, 0.2) is 0 Å². The van der Waals surface area contributed by atoms with Crippen LogP contribution in [0.1, 0.15) is 27.2 Å². The molecule has 0 aromatic rings. The van der Waals surface area contributed by atoms with Crippen molar-refractivity contribution in [3.8, 4) is 0 Å². The fraction of sp³-hybridized carbons (Fsp3) is 0.909. The summed E-state index contributed by atoms with van der Waals surface area (Å²) >= 11 is 0. The lowest BCUT2D eigenvalue weighted by Gasteiger charge is -2.38. The molecule has 1 atom stereocenters. The van der Waals surface area contributed by atoms with Gasteiger partial charge >= 0.3 is 21.7 Å². The van der Waals surface area contributed by atoms with Crippen molar-refractivity contribution >= 4 is 16.2 Å². The molecule has 12 heteroatoms. The van der Waals surface area contributed by atoms with Crippen LogP contribution in [-0.2, 0) is 19.0 Å². The number of rotatable bonds is 2. The van der Waals surface area contributed by atoms with Gasteiger partial charge in [0.25, 0.3) is 5.92 Å². The molecule has 0 N–H and O–H groups in total. The summed E-state index contributed by atoms with van der Waals surface area (Å²) in [4.78, 5) is 12.3. The first-order chi connectivity index (χ1) is 10.1. The predicted octanol–water partition coefficient (Wildman–Crippen LogP) is 2.50. The molecule has 23 heavy (non-hydrogen) atoms. The summed E-state index contributed by atoms with van der Waals surface area (Å²) in [5, 5.41) is 0. The Morgan fingerprint density at radius 2 is 1.74 bits per heavy atom. The molecule has 0 spiro atoms. The van der Waals surface area contributed by atoms with Crippen LogP contribution in [0.2, 0.25) is 0 Å². The van der Waals surface area contributed by atoms with Crippen molar-refractivity contribution in [1.82, 2.24) is 4.90 Å². The van der Waals surface area contributed by atoms with Gasteiger partial charge in [-0.3, -0.25) is 4.18 Å². The Labute approximate surface area is 129 Å². The van der Waals surface area contributed by atoms with E-state index in [9.17, 15) is 35.2 Å². The third kappa shape index (κ3) is 5.16. The van der Waals surface area contributed by atoms with E-state index in [1.165, 1.54) is 20.8 Å². The molecule has 1 unspecified atom stereocenters. The van der Waals surface area contributed by atoms with Crippen molar-refractivity contribution in [3.63, 3.8) is 0 Å². The monoisotopic (exact) mass is 369 g/mol. The van der Waals surface area contributed by atoms with Crippen molar-refractivity contribution in [2.75, 3.05) is 13.1 Å². The van der Waals surface area contributed by atoms with Gasteiger partial charge in [0, 0.05) is 6.54 Å². The van der Waals surface area contributed by atoms with Crippen molar-refractivity contribution in [3.05, 3.63) is 0 Å². The Hall–Kier alpha value is -1.17. The molecule has 1 aliphatic heterocycles. The van der Waals surface area contributed by atoms with Gasteiger partial charge in [-0.25, -0.2) is 13.6 Å². The minimum Gasteiger partial charge on any atom is -0.444 e. The number of carbonyl (C=O) groups is 1. The number of likely N-dealkylation sites (tertiary alicyclic amines) is 1. The zero-order valence-electron chi connectivity index (χ0n) is 12.5. The summed E-state index contributed by atoms with van der Waals surface area (Å²) in [6.07, 6.45) is -4.37. The van der Waals surface area contributed by atoms with Crippen molar-refractivity contribution in [1.29, 1.82) is 0 Å². The van der Waals surface area contributed by atoms with Gasteiger partial charge < -0.3 is 9.64 Å². The lowest BCUT2D eigenvalue weighted by molar-refractivity contribution is -0.143. The highest BCUT2D eigenvalue weighted by Crippen LogP contribution is 2.35. The van der Waals surface area contributed by atoms with Crippen LogP contribution in [-0.4, -0.2) is 55.6 Å². The van der Waals surface area contributed by atoms with Crippen LogP contribution < -0.4 is 0 Å². The molecule has 1 rings (SSSR count). The number of ether oxygens (including phenoxy) is 1. The van der Waals surface area contributed by atoms with Crippen LogP contribution in [0, 0.1) is 0 Å². The summed E-state index contributed by atoms with van der Waals surface area (Å²) in [7, 11) is -6.15. The van der Waals surface area contributed by atoms with E-state index in [1.54, 1.807) is 0 Å². The largest absolute Gasteiger partial charge is 0.523 e. The summed E-state index contributed by atoms with van der Waals surface area (Å²) in [6.45, 7) is 2.79. The molecule has 0 radical (unpaired) electrons. The molecule has 1 saturated heterocycles. The van der Waals surface area contributed by atoms with Crippen LogP contribution in [0.4, 0.5) is 26.7 Å². The molecule has 0 bridgehead atoms. The lowest BCUT2D eigenvalue weighted by Crippen LogP contribution is -2.56. The van der Waals surface area contributed by atoms with Crippen LogP contribution in [0.3, 0.4) is 0 Å². The van der Waals surface area contributed by atoms with Crippen molar-refractivity contribution in [2.24, 2.45) is 0 Å². The maximum Gasteiger partial charge on any atom is 0.523 e. The average Bonchev–Trinajstić information content (AvgIpc) is 2.27. The molecule has 0 aromatic heterocycles. The zero-order chi connectivity index (χ0) is 18.3. The predicted molar refractivity (Wildman–Crippen MR) is 67.2 cm³/mol.